The summed E-state index contributed by atoms with van der Waals surface area (Å²) in [5, 5.41) is 17.7. The highest BCUT2D eigenvalue weighted by molar-refractivity contribution is 6.08. The van der Waals surface area contributed by atoms with Gasteiger partial charge in [0.25, 0.3) is 0 Å². The zero-order chi connectivity index (χ0) is 15.4. The van der Waals surface area contributed by atoms with Gasteiger partial charge in [0.2, 0.25) is 5.78 Å². The monoisotopic (exact) mass is 294 g/mol. The minimum Gasteiger partial charge on any atom is -0.388 e. The van der Waals surface area contributed by atoms with Gasteiger partial charge in [0, 0.05) is 12.0 Å². The molecule has 0 saturated heterocycles. The highest BCUT2D eigenvalue weighted by Crippen LogP contribution is 2.20. The molecule has 1 N–H and O–H groups in total. The summed E-state index contributed by atoms with van der Waals surface area (Å²) in [6, 6.07) is 18.0. The van der Waals surface area contributed by atoms with Gasteiger partial charge in [-0.25, -0.2) is 4.63 Å². The predicted octanol–water partition coefficient (Wildman–Crippen LogP) is 2.58. The number of nitrogens with zero attached hydrogens (tertiary/aromatic N) is 2. The second-order valence-electron chi connectivity index (χ2n) is 4.89. The molecule has 0 radical (unpaired) electrons. The largest absolute Gasteiger partial charge is 0.388 e. The van der Waals surface area contributed by atoms with Crippen LogP contribution in [0.15, 0.2) is 65.3 Å². The van der Waals surface area contributed by atoms with Crippen molar-refractivity contribution < 1.29 is 14.5 Å². The maximum absolute atomic E-state index is 12.4. The molecule has 1 heterocycles. The molecule has 0 fully saturated rings. The van der Waals surface area contributed by atoms with E-state index in [1.165, 1.54) is 0 Å². The van der Waals surface area contributed by atoms with Crippen molar-refractivity contribution in [1.29, 1.82) is 0 Å². The Kier molecular flexibility index (Phi) is 4.07. The van der Waals surface area contributed by atoms with E-state index in [9.17, 15) is 9.90 Å². The zero-order valence-corrected chi connectivity index (χ0v) is 11.7. The molecule has 0 saturated carbocycles. The van der Waals surface area contributed by atoms with Crippen LogP contribution in [0.3, 0.4) is 0 Å². The topological polar surface area (TPSA) is 76.2 Å². The van der Waals surface area contributed by atoms with Crippen LogP contribution in [-0.4, -0.2) is 21.2 Å². The van der Waals surface area contributed by atoms with Crippen molar-refractivity contribution >= 4 is 5.78 Å². The molecule has 0 aliphatic rings. The number of carbonyl (C=O) groups excluding carboxylic acids is 1. The maximum Gasteiger partial charge on any atom is 0.216 e. The van der Waals surface area contributed by atoms with Gasteiger partial charge in [-0.1, -0.05) is 65.8 Å². The lowest BCUT2D eigenvalue weighted by molar-refractivity contribution is 0.102. The SMILES string of the molecule is O=C(c1ccccc1)c1nonc1CC(O)c1ccccc1. The standard InChI is InChI=1S/C17H14N2O3/c20-15(12-7-3-1-4-8-12)11-14-16(19-22-18-14)17(21)13-9-5-2-6-10-13/h1-10,15,20H,11H2. The van der Waals surface area contributed by atoms with Gasteiger partial charge >= 0.3 is 0 Å². The van der Waals surface area contributed by atoms with E-state index in [1.807, 2.05) is 36.4 Å². The fraction of sp³-hybridized carbons (Fsp3) is 0.118. The van der Waals surface area contributed by atoms with E-state index in [0.29, 0.717) is 11.3 Å². The number of benzene rings is 2. The fourth-order valence-electron chi connectivity index (χ4n) is 2.22. The minimum absolute atomic E-state index is 0.140. The molecule has 0 aliphatic heterocycles. The minimum atomic E-state index is -0.768. The average Bonchev–Trinajstić information content (AvgIpc) is 3.04. The maximum atomic E-state index is 12.4. The van der Waals surface area contributed by atoms with Crippen molar-refractivity contribution in [3.63, 3.8) is 0 Å². The van der Waals surface area contributed by atoms with Gasteiger partial charge in [0.05, 0.1) is 6.10 Å². The molecule has 110 valence electrons. The van der Waals surface area contributed by atoms with Crippen LogP contribution in [0.2, 0.25) is 0 Å². The molecule has 5 nitrogen and oxygen atoms in total. The molecule has 5 heteroatoms. The number of rotatable bonds is 5. The van der Waals surface area contributed by atoms with Crippen LogP contribution < -0.4 is 0 Å². The number of aromatic nitrogens is 2. The second-order valence-corrected chi connectivity index (χ2v) is 4.89. The van der Waals surface area contributed by atoms with Crippen LogP contribution in [0.5, 0.6) is 0 Å². The van der Waals surface area contributed by atoms with Gasteiger partial charge in [0.15, 0.2) is 5.69 Å². The normalized spacial score (nSPS) is 12.0. The Balaban J connectivity index is 1.82. The molecular formula is C17H14N2O3. The van der Waals surface area contributed by atoms with Gasteiger partial charge in [-0.3, -0.25) is 4.79 Å². The molecule has 0 amide bonds. The molecule has 0 spiro atoms. The third-order valence-corrected chi connectivity index (χ3v) is 3.38. The van der Waals surface area contributed by atoms with Crippen LogP contribution in [0.4, 0.5) is 0 Å². The average molecular weight is 294 g/mol. The summed E-state index contributed by atoms with van der Waals surface area (Å²) in [4.78, 5) is 12.4. The summed E-state index contributed by atoms with van der Waals surface area (Å²) < 4.78 is 4.69. The van der Waals surface area contributed by atoms with Crippen molar-refractivity contribution in [3.05, 3.63) is 83.2 Å². The molecule has 22 heavy (non-hydrogen) atoms. The van der Waals surface area contributed by atoms with Gasteiger partial charge < -0.3 is 5.11 Å². The van der Waals surface area contributed by atoms with Crippen LogP contribution in [0, 0.1) is 0 Å². The van der Waals surface area contributed by atoms with Crippen LogP contribution in [0.1, 0.15) is 33.4 Å². The Morgan fingerprint density at radius 2 is 1.64 bits per heavy atom. The molecule has 1 aromatic heterocycles. The molecular weight excluding hydrogens is 280 g/mol. The summed E-state index contributed by atoms with van der Waals surface area (Å²) in [7, 11) is 0. The molecule has 2 aromatic carbocycles. The quantitative estimate of drug-likeness (QED) is 0.732. The summed E-state index contributed by atoms with van der Waals surface area (Å²) in [5.41, 5.74) is 1.75. The number of aliphatic hydroxyl groups excluding tert-OH is 1. The van der Waals surface area contributed by atoms with Crippen molar-refractivity contribution in [3.8, 4) is 0 Å². The van der Waals surface area contributed by atoms with E-state index >= 15 is 0 Å². The first-order chi connectivity index (χ1) is 10.8. The summed E-state index contributed by atoms with van der Waals surface area (Å²) in [6.07, 6.45) is -0.600. The Morgan fingerprint density at radius 3 is 2.32 bits per heavy atom. The lowest BCUT2D eigenvalue weighted by atomic mass is 10.0. The Morgan fingerprint density at radius 1 is 1.00 bits per heavy atom. The molecule has 1 atom stereocenters. The van der Waals surface area contributed by atoms with Crippen LogP contribution >= 0.6 is 0 Å². The Hall–Kier alpha value is -2.79. The van der Waals surface area contributed by atoms with Crippen molar-refractivity contribution in [2.75, 3.05) is 0 Å². The third kappa shape index (κ3) is 2.94. The van der Waals surface area contributed by atoms with E-state index < -0.39 is 6.10 Å². The second kappa shape index (κ2) is 6.32. The summed E-state index contributed by atoms with van der Waals surface area (Å²) in [5.74, 6) is -0.267. The fourth-order valence-corrected chi connectivity index (χ4v) is 2.22. The first kappa shape index (κ1) is 14.2. The van der Waals surface area contributed by atoms with E-state index in [2.05, 4.69) is 10.3 Å². The van der Waals surface area contributed by atoms with E-state index in [0.717, 1.165) is 5.56 Å². The summed E-state index contributed by atoms with van der Waals surface area (Å²) >= 11 is 0. The van der Waals surface area contributed by atoms with Crippen LogP contribution in [0.25, 0.3) is 0 Å². The first-order valence-electron chi connectivity index (χ1n) is 6.90. The van der Waals surface area contributed by atoms with E-state index in [4.69, 9.17) is 4.63 Å². The first-order valence-corrected chi connectivity index (χ1v) is 6.90. The number of carbonyl (C=O) groups is 1. The number of ketones is 1. The van der Waals surface area contributed by atoms with Gasteiger partial charge in [-0.05, 0) is 10.7 Å². The smallest absolute Gasteiger partial charge is 0.216 e. The van der Waals surface area contributed by atoms with Gasteiger partial charge in [-0.2, -0.15) is 0 Å². The van der Waals surface area contributed by atoms with E-state index in [-0.39, 0.29) is 17.9 Å². The van der Waals surface area contributed by atoms with Gasteiger partial charge in [0.1, 0.15) is 5.69 Å². The lowest BCUT2D eigenvalue weighted by Gasteiger charge is -2.09. The van der Waals surface area contributed by atoms with Crippen molar-refractivity contribution in [2.24, 2.45) is 0 Å². The van der Waals surface area contributed by atoms with E-state index in [1.54, 1.807) is 24.3 Å². The highest BCUT2D eigenvalue weighted by Gasteiger charge is 2.22. The molecule has 0 bridgehead atoms. The Labute approximate surface area is 127 Å². The lowest BCUT2D eigenvalue weighted by Crippen LogP contribution is -2.09. The number of hydrogen-bond donors (Lipinski definition) is 1. The predicted molar refractivity (Wildman–Crippen MR) is 79.3 cm³/mol. The highest BCUT2D eigenvalue weighted by atomic mass is 16.6. The van der Waals surface area contributed by atoms with Crippen molar-refractivity contribution in [2.45, 2.75) is 12.5 Å². The van der Waals surface area contributed by atoms with Crippen molar-refractivity contribution in [1.82, 2.24) is 10.3 Å². The summed E-state index contributed by atoms with van der Waals surface area (Å²) in [6.45, 7) is 0. The molecule has 0 aliphatic carbocycles. The molecule has 1 unspecified atom stereocenters. The van der Waals surface area contributed by atoms with Gasteiger partial charge in [-0.15, -0.1) is 0 Å². The number of hydrogen-bond acceptors (Lipinski definition) is 5. The third-order valence-electron chi connectivity index (χ3n) is 3.38. The van der Waals surface area contributed by atoms with Crippen LogP contribution in [-0.2, 0) is 6.42 Å². The molecule has 3 aromatic rings. The molecule has 3 rings (SSSR count). The number of aliphatic hydroxyl groups is 1. The Bertz CT molecular complexity index is 754. The zero-order valence-electron chi connectivity index (χ0n) is 11.7.